The molecule has 26 heavy (non-hydrogen) atoms. The topological polar surface area (TPSA) is 66.5 Å². The number of carbonyl (C=O) groups excluding carboxylic acids is 1. The van der Waals surface area contributed by atoms with Crippen molar-refractivity contribution in [2.24, 2.45) is 5.92 Å². The van der Waals surface area contributed by atoms with Gasteiger partial charge in [-0.25, -0.2) is 13.1 Å². The van der Waals surface area contributed by atoms with Crippen LogP contribution in [0.15, 0.2) is 53.4 Å². The molecule has 0 bridgehead atoms. The minimum absolute atomic E-state index is 0.196. The van der Waals surface area contributed by atoms with Crippen LogP contribution in [0.1, 0.15) is 30.4 Å². The fourth-order valence-electron chi connectivity index (χ4n) is 3.34. The zero-order valence-corrected chi connectivity index (χ0v) is 15.3. The van der Waals surface area contributed by atoms with Crippen molar-refractivity contribution in [1.29, 1.82) is 0 Å². The molecule has 4 rings (SSSR count). The number of rotatable bonds is 6. The number of hydrogen-bond acceptors (Lipinski definition) is 3. The fourth-order valence-corrected chi connectivity index (χ4v) is 4.38. The number of nitrogens with zero attached hydrogens (tertiary/aromatic N) is 1. The minimum Gasteiger partial charge on any atom is -0.312 e. The van der Waals surface area contributed by atoms with Crippen LogP contribution in [-0.2, 0) is 27.8 Å². The summed E-state index contributed by atoms with van der Waals surface area (Å²) in [5, 5.41) is 0. The van der Waals surface area contributed by atoms with Gasteiger partial charge in [0, 0.05) is 25.2 Å². The number of carbonyl (C=O) groups is 1. The van der Waals surface area contributed by atoms with E-state index in [0.717, 1.165) is 23.4 Å². The van der Waals surface area contributed by atoms with E-state index in [1.54, 1.807) is 30.3 Å². The molecule has 1 aliphatic carbocycles. The second-order valence-corrected chi connectivity index (χ2v) is 8.82. The third-order valence-corrected chi connectivity index (χ3v) is 6.42. The number of aryl methyl sites for hydroxylation is 1. The zero-order valence-electron chi connectivity index (χ0n) is 14.5. The summed E-state index contributed by atoms with van der Waals surface area (Å²) in [4.78, 5) is 14.4. The molecule has 6 heteroatoms. The van der Waals surface area contributed by atoms with Crippen LogP contribution in [0.5, 0.6) is 0 Å². The van der Waals surface area contributed by atoms with Gasteiger partial charge in [-0.3, -0.25) is 4.79 Å². The van der Waals surface area contributed by atoms with Gasteiger partial charge in [0.1, 0.15) is 0 Å². The van der Waals surface area contributed by atoms with E-state index in [1.165, 1.54) is 12.8 Å². The molecular weight excluding hydrogens is 348 g/mol. The van der Waals surface area contributed by atoms with Crippen molar-refractivity contribution in [3.05, 3.63) is 59.7 Å². The molecule has 0 spiro atoms. The van der Waals surface area contributed by atoms with Crippen LogP contribution in [0.2, 0.25) is 0 Å². The van der Waals surface area contributed by atoms with E-state index in [2.05, 4.69) is 4.72 Å². The number of fused-ring (bicyclic) bond motifs is 1. The van der Waals surface area contributed by atoms with Gasteiger partial charge in [0.15, 0.2) is 0 Å². The zero-order chi connectivity index (χ0) is 18.1. The van der Waals surface area contributed by atoms with Gasteiger partial charge >= 0.3 is 0 Å². The summed E-state index contributed by atoms with van der Waals surface area (Å²) in [7, 11) is -3.52. The summed E-state index contributed by atoms with van der Waals surface area (Å²) < 4.78 is 27.4. The molecule has 1 aliphatic heterocycles. The van der Waals surface area contributed by atoms with Gasteiger partial charge in [0.25, 0.3) is 0 Å². The summed E-state index contributed by atoms with van der Waals surface area (Å²) in [6.45, 7) is 1.05. The Bertz CT molecular complexity index is 921. The largest absolute Gasteiger partial charge is 0.312 e. The Labute approximate surface area is 154 Å². The van der Waals surface area contributed by atoms with Crippen molar-refractivity contribution in [3.8, 4) is 0 Å². The highest BCUT2D eigenvalue weighted by atomic mass is 32.2. The second kappa shape index (κ2) is 6.85. The Morgan fingerprint density at radius 1 is 1.04 bits per heavy atom. The Kier molecular flexibility index (Phi) is 4.54. The molecule has 0 unspecified atom stereocenters. The summed E-state index contributed by atoms with van der Waals surface area (Å²) >= 11 is 0. The molecule has 136 valence electrons. The standard InChI is InChI=1S/C20H22N2O3S/c23-20-11-9-17-12-16(8-10-19(17)22(20)14-15-6-7-15)13-21-26(24,25)18-4-2-1-3-5-18/h1-5,8,10,12,15,21H,6-7,9,11,13-14H2. The first kappa shape index (κ1) is 17.2. The van der Waals surface area contributed by atoms with Gasteiger partial charge in [-0.05, 0) is 54.5 Å². The molecule has 2 aromatic carbocycles. The first-order valence-electron chi connectivity index (χ1n) is 9.00. The van der Waals surface area contributed by atoms with E-state index in [0.29, 0.717) is 18.8 Å². The Balaban J connectivity index is 1.50. The van der Waals surface area contributed by atoms with E-state index in [-0.39, 0.29) is 17.3 Å². The highest BCUT2D eigenvalue weighted by Crippen LogP contribution is 2.35. The van der Waals surface area contributed by atoms with Gasteiger partial charge in [-0.15, -0.1) is 0 Å². The molecule has 1 saturated carbocycles. The fraction of sp³-hybridized carbons (Fsp3) is 0.350. The van der Waals surface area contributed by atoms with Gasteiger partial charge in [-0.2, -0.15) is 0 Å². The van der Waals surface area contributed by atoms with Crippen LogP contribution in [0, 0.1) is 5.92 Å². The Hall–Kier alpha value is -2.18. The molecule has 5 nitrogen and oxygen atoms in total. The third-order valence-electron chi connectivity index (χ3n) is 5.00. The van der Waals surface area contributed by atoms with Crippen LogP contribution >= 0.6 is 0 Å². The SMILES string of the molecule is O=C1CCc2cc(CNS(=O)(=O)c3ccccc3)ccc2N1CC1CC1. The Morgan fingerprint density at radius 2 is 1.81 bits per heavy atom. The maximum Gasteiger partial charge on any atom is 0.240 e. The number of sulfonamides is 1. The second-order valence-electron chi connectivity index (χ2n) is 7.05. The number of anilines is 1. The first-order valence-corrected chi connectivity index (χ1v) is 10.5. The first-order chi connectivity index (χ1) is 12.5. The van der Waals surface area contributed by atoms with E-state index in [1.807, 2.05) is 23.1 Å². The molecule has 1 fully saturated rings. The molecule has 0 atom stereocenters. The number of benzene rings is 2. The quantitative estimate of drug-likeness (QED) is 0.850. The molecule has 2 aromatic rings. The van der Waals surface area contributed by atoms with Gasteiger partial charge in [0.05, 0.1) is 4.90 Å². The van der Waals surface area contributed by atoms with Crippen molar-refractivity contribution in [3.63, 3.8) is 0 Å². The van der Waals surface area contributed by atoms with Gasteiger partial charge in [0.2, 0.25) is 15.9 Å². The van der Waals surface area contributed by atoms with E-state index >= 15 is 0 Å². The summed E-state index contributed by atoms with van der Waals surface area (Å²) in [5.41, 5.74) is 3.02. The number of hydrogen-bond donors (Lipinski definition) is 1. The van der Waals surface area contributed by atoms with Crippen molar-refractivity contribution in [1.82, 2.24) is 4.72 Å². The van der Waals surface area contributed by atoms with Crippen molar-refractivity contribution in [2.75, 3.05) is 11.4 Å². The van der Waals surface area contributed by atoms with E-state index < -0.39 is 10.0 Å². The highest BCUT2D eigenvalue weighted by molar-refractivity contribution is 7.89. The van der Waals surface area contributed by atoms with Crippen LogP contribution in [0.3, 0.4) is 0 Å². The van der Waals surface area contributed by atoms with Crippen molar-refractivity contribution in [2.45, 2.75) is 37.1 Å². The Morgan fingerprint density at radius 3 is 2.54 bits per heavy atom. The predicted octanol–water partition coefficient (Wildman–Crippen LogP) is 2.85. The minimum atomic E-state index is -3.52. The molecule has 1 heterocycles. The third kappa shape index (κ3) is 3.66. The smallest absolute Gasteiger partial charge is 0.240 e. The molecule has 2 aliphatic rings. The summed E-state index contributed by atoms with van der Waals surface area (Å²) in [6.07, 6.45) is 3.66. The van der Waals surface area contributed by atoms with Gasteiger partial charge in [-0.1, -0.05) is 30.3 Å². The summed E-state index contributed by atoms with van der Waals surface area (Å²) in [5.74, 6) is 0.837. The van der Waals surface area contributed by atoms with Crippen LogP contribution in [0.4, 0.5) is 5.69 Å². The van der Waals surface area contributed by atoms with Crippen LogP contribution in [0.25, 0.3) is 0 Å². The average Bonchev–Trinajstić information content (AvgIpc) is 3.47. The van der Waals surface area contributed by atoms with Gasteiger partial charge < -0.3 is 4.90 Å². The maximum atomic E-state index is 12.4. The molecule has 0 saturated heterocycles. The highest BCUT2D eigenvalue weighted by Gasteiger charge is 2.31. The lowest BCUT2D eigenvalue weighted by Gasteiger charge is -2.30. The van der Waals surface area contributed by atoms with Crippen LogP contribution < -0.4 is 9.62 Å². The lowest BCUT2D eigenvalue weighted by atomic mass is 9.98. The molecular formula is C20H22N2O3S. The predicted molar refractivity (Wildman–Crippen MR) is 100 cm³/mol. The van der Waals surface area contributed by atoms with Crippen LogP contribution in [-0.4, -0.2) is 20.9 Å². The molecule has 0 radical (unpaired) electrons. The molecule has 1 N–H and O–H groups in total. The lowest BCUT2D eigenvalue weighted by Crippen LogP contribution is -2.36. The maximum absolute atomic E-state index is 12.4. The number of nitrogens with one attached hydrogen (secondary N) is 1. The normalized spacial score (nSPS) is 17.2. The molecule has 0 aromatic heterocycles. The van der Waals surface area contributed by atoms with E-state index in [4.69, 9.17) is 0 Å². The monoisotopic (exact) mass is 370 g/mol. The summed E-state index contributed by atoms with van der Waals surface area (Å²) in [6, 6.07) is 14.3. The van der Waals surface area contributed by atoms with Crippen molar-refractivity contribution < 1.29 is 13.2 Å². The van der Waals surface area contributed by atoms with E-state index in [9.17, 15) is 13.2 Å². The average molecular weight is 370 g/mol. The molecule has 1 amide bonds. The lowest BCUT2D eigenvalue weighted by molar-refractivity contribution is -0.118. The van der Waals surface area contributed by atoms with Crippen molar-refractivity contribution >= 4 is 21.6 Å². The number of amides is 1.